The molecule has 0 amide bonds. The molecule has 0 unspecified atom stereocenters. The molecule has 0 fully saturated rings. The van der Waals surface area contributed by atoms with E-state index in [0.29, 0.717) is 37.8 Å². The third-order valence-electron chi connectivity index (χ3n) is 10.4. The second kappa shape index (κ2) is 16.3. The van der Waals surface area contributed by atoms with E-state index in [-0.39, 0.29) is 11.5 Å². The summed E-state index contributed by atoms with van der Waals surface area (Å²) < 4.78 is 12.8. The van der Waals surface area contributed by atoms with E-state index >= 15 is 0 Å². The van der Waals surface area contributed by atoms with Gasteiger partial charge in [0.05, 0.1) is 13.1 Å². The maximum atomic E-state index is 11.1. The summed E-state index contributed by atoms with van der Waals surface area (Å²) in [5.41, 5.74) is 5.19. The molecule has 6 heteroatoms. The van der Waals surface area contributed by atoms with Crippen molar-refractivity contribution >= 4 is 55.5 Å². The second-order valence-electron chi connectivity index (χ2n) is 14.1. The third kappa shape index (κ3) is 7.31. The van der Waals surface area contributed by atoms with Crippen LogP contribution in [-0.4, -0.2) is 48.9 Å². The van der Waals surface area contributed by atoms with Gasteiger partial charge in [0.1, 0.15) is 36.2 Å². The van der Waals surface area contributed by atoms with E-state index in [1.165, 1.54) is 0 Å². The minimum Gasteiger partial charge on any atom is -0.507 e. The maximum Gasteiger partial charge on any atom is 0.128 e. The van der Waals surface area contributed by atoms with Crippen LogP contribution in [0.3, 0.4) is 0 Å². The zero-order valence-corrected chi connectivity index (χ0v) is 31.8. The fraction of sp³-hybridized carbons (Fsp3) is 0.0769. The smallest absolute Gasteiger partial charge is 0.128 e. The molecular formula is C52H40N2O4. The molecular weight excluding hydrogens is 717 g/mol. The minimum atomic E-state index is 0.214. The van der Waals surface area contributed by atoms with Gasteiger partial charge in [-0.1, -0.05) is 140 Å². The number of rotatable bonds is 12. The van der Waals surface area contributed by atoms with Crippen molar-refractivity contribution < 1.29 is 19.7 Å². The monoisotopic (exact) mass is 756 g/mol. The Kier molecular flexibility index (Phi) is 10.2. The molecule has 0 saturated carbocycles. The van der Waals surface area contributed by atoms with E-state index in [0.717, 1.165) is 76.5 Å². The Morgan fingerprint density at radius 1 is 0.379 bits per heavy atom. The topological polar surface area (TPSA) is 83.6 Å². The van der Waals surface area contributed by atoms with Crippen molar-refractivity contribution in [2.75, 3.05) is 26.3 Å². The normalized spacial score (nSPS) is 11.7. The van der Waals surface area contributed by atoms with E-state index in [9.17, 15) is 10.2 Å². The van der Waals surface area contributed by atoms with Crippen molar-refractivity contribution in [3.63, 3.8) is 0 Å². The number of fused-ring (bicyclic) bond motifs is 4. The van der Waals surface area contributed by atoms with Gasteiger partial charge in [-0.3, -0.25) is 9.98 Å². The van der Waals surface area contributed by atoms with Crippen LogP contribution in [0.25, 0.3) is 65.3 Å². The number of aliphatic imine (C=N–C) groups is 2. The molecule has 0 aliphatic carbocycles. The Bertz CT molecular complexity index is 2810. The zero-order chi connectivity index (χ0) is 39.3. The molecule has 6 nitrogen and oxygen atoms in total. The molecule has 0 radical (unpaired) electrons. The highest BCUT2D eigenvalue weighted by atomic mass is 16.5. The molecule has 0 heterocycles. The summed E-state index contributed by atoms with van der Waals surface area (Å²) in [7, 11) is 0. The van der Waals surface area contributed by atoms with Crippen molar-refractivity contribution in [3.8, 4) is 45.3 Å². The predicted octanol–water partition coefficient (Wildman–Crippen LogP) is 12.0. The quantitative estimate of drug-likeness (QED) is 0.0960. The van der Waals surface area contributed by atoms with Gasteiger partial charge in [0.2, 0.25) is 0 Å². The molecule has 0 bridgehead atoms. The fourth-order valence-corrected chi connectivity index (χ4v) is 7.78. The molecule has 9 aromatic rings. The average Bonchev–Trinajstić information content (AvgIpc) is 3.26. The van der Waals surface area contributed by atoms with Crippen LogP contribution in [0.2, 0.25) is 0 Å². The first-order chi connectivity index (χ1) is 28.6. The number of hydrogen-bond acceptors (Lipinski definition) is 6. The van der Waals surface area contributed by atoms with Crippen LogP contribution >= 0.6 is 0 Å². The highest BCUT2D eigenvalue weighted by molar-refractivity contribution is 6.11. The first kappa shape index (κ1) is 36.2. The number of nitrogens with zero attached hydrogens (tertiary/aromatic N) is 2. The van der Waals surface area contributed by atoms with Gasteiger partial charge < -0.3 is 19.7 Å². The van der Waals surface area contributed by atoms with Crippen molar-refractivity contribution in [3.05, 3.63) is 181 Å². The largest absolute Gasteiger partial charge is 0.507 e. The fourth-order valence-electron chi connectivity index (χ4n) is 7.78. The van der Waals surface area contributed by atoms with Gasteiger partial charge in [0.25, 0.3) is 0 Å². The first-order valence-electron chi connectivity index (χ1n) is 19.4. The number of aromatic hydroxyl groups is 2. The number of hydrogen-bond donors (Lipinski definition) is 2. The molecule has 0 saturated heterocycles. The van der Waals surface area contributed by atoms with Crippen molar-refractivity contribution in [1.82, 2.24) is 0 Å². The average molecular weight is 757 g/mol. The van der Waals surface area contributed by atoms with Gasteiger partial charge in [0.15, 0.2) is 0 Å². The van der Waals surface area contributed by atoms with Crippen LogP contribution in [0.1, 0.15) is 11.1 Å². The van der Waals surface area contributed by atoms with Gasteiger partial charge in [-0.2, -0.15) is 0 Å². The first-order valence-corrected chi connectivity index (χ1v) is 19.4. The summed E-state index contributed by atoms with van der Waals surface area (Å²) in [5.74, 6) is 1.83. The van der Waals surface area contributed by atoms with Crippen LogP contribution in [0.5, 0.6) is 23.0 Å². The molecule has 9 rings (SSSR count). The van der Waals surface area contributed by atoms with Crippen LogP contribution < -0.4 is 9.47 Å². The van der Waals surface area contributed by atoms with E-state index in [2.05, 4.69) is 58.5 Å². The van der Waals surface area contributed by atoms with Crippen molar-refractivity contribution in [2.24, 2.45) is 9.98 Å². The lowest BCUT2D eigenvalue weighted by Crippen LogP contribution is -2.03. The van der Waals surface area contributed by atoms with Crippen molar-refractivity contribution in [1.29, 1.82) is 0 Å². The molecule has 0 aliphatic heterocycles. The molecule has 0 aromatic heterocycles. The van der Waals surface area contributed by atoms with E-state index in [1.807, 2.05) is 122 Å². The molecule has 2 N–H and O–H groups in total. The standard InChI is InChI=1S/C52H40N2O4/c55-45-24-20-37-12-1-5-16-41(37)49(45)51-43-18-7-3-14-39(43)22-26-47(51)57-30-28-53-33-35-10-9-11-36(32-35)34-54-29-31-58-48-27-23-40-15-4-8-19-44(40)52(48)50-42-17-6-2-13-38(42)21-25-46(50)56/h1-27,32-34,55-56H,28-31H2. The van der Waals surface area contributed by atoms with Crippen LogP contribution in [0.4, 0.5) is 0 Å². The van der Waals surface area contributed by atoms with E-state index in [4.69, 9.17) is 9.47 Å². The summed E-state index contributed by atoms with van der Waals surface area (Å²) in [6.45, 7) is 1.65. The highest BCUT2D eigenvalue weighted by Crippen LogP contribution is 2.46. The molecule has 282 valence electrons. The second-order valence-corrected chi connectivity index (χ2v) is 14.1. The minimum absolute atomic E-state index is 0.214. The number of benzene rings is 9. The van der Waals surface area contributed by atoms with Gasteiger partial charge in [-0.15, -0.1) is 0 Å². The summed E-state index contributed by atoms with van der Waals surface area (Å²) >= 11 is 0. The van der Waals surface area contributed by atoms with Gasteiger partial charge in [-0.25, -0.2) is 0 Å². The van der Waals surface area contributed by atoms with Gasteiger partial charge in [0, 0.05) is 34.7 Å². The zero-order valence-electron chi connectivity index (χ0n) is 31.8. The summed E-state index contributed by atoms with van der Waals surface area (Å²) in [4.78, 5) is 9.34. The third-order valence-corrected chi connectivity index (χ3v) is 10.4. The summed E-state index contributed by atoms with van der Waals surface area (Å²) in [6, 6.07) is 56.0. The summed E-state index contributed by atoms with van der Waals surface area (Å²) in [6.07, 6.45) is 3.71. The molecule has 0 spiro atoms. The van der Waals surface area contributed by atoms with Gasteiger partial charge >= 0.3 is 0 Å². The molecule has 9 aromatic carbocycles. The highest BCUT2D eigenvalue weighted by Gasteiger charge is 2.19. The Balaban J connectivity index is 0.862. The van der Waals surface area contributed by atoms with Gasteiger partial charge in [-0.05, 0) is 84.5 Å². The van der Waals surface area contributed by atoms with Crippen LogP contribution in [-0.2, 0) is 0 Å². The number of phenolic OH excluding ortho intramolecular Hbond substituents is 2. The SMILES string of the molecule is Oc1ccc2ccccc2c1-c1c(OCCN=Cc2cccc(C=NCCOc3ccc4ccccc4c3-c3c(O)ccc4ccccc34)c2)ccc2ccccc12. The number of phenols is 2. The Morgan fingerprint density at radius 2 is 0.741 bits per heavy atom. The molecule has 58 heavy (non-hydrogen) atoms. The lowest BCUT2D eigenvalue weighted by molar-refractivity contribution is 0.330. The Morgan fingerprint density at radius 3 is 1.16 bits per heavy atom. The van der Waals surface area contributed by atoms with E-state index < -0.39 is 0 Å². The maximum absolute atomic E-state index is 11.1. The molecule has 0 atom stereocenters. The van der Waals surface area contributed by atoms with Crippen LogP contribution in [0, 0.1) is 0 Å². The lowest BCUT2D eigenvalue weighted by atomic mass is 9.92. The Hall–Kier alpha value is -7.44. The predicted molar refractivity (Wildman–Crippen MR) is 239 cm³/mol. The lowest BCUT2D eigenvalue weighted by Gasteiger charge is -2.17. The number of ether oxygens (including phenoxy) is 2. The molecule has 0 aliphatic rings. The van der Waals surface area contributed by atoms with Crippen LogP contribution in [0.15, 0.2) is 180 Å². The van der Waals surface area contributed by atoms with E-state index in [1.54, 1.807) is 12.1 Å². The Labute approximate surface area is 336 Å². The van der Waals surface area contributed by atoms with Crippen molar-refractivity contribution in [2.45, 2.75) is 0 Å². The summed E-state index contributed by atoms with van der Waals surface area (Å²) in [5, 5.41) is 30.5.